The zero-order chi connectivity index (χ0) is 11.8. The molecule has 15 heavy (non-hydrogen) atoms. The third-order valence-electron chi connectivity index (χ3n) is 2.47. The molecule has 0 aromatic heterocycles. The third-order valence-corrected chi connectivity index (χ3v) is 2.47. The number of nitrogens with zero attached hydrogens (tertiary/aromatic N) is 1. The van der Waals surface area contributed by atoms with E-state index >= 15 is 0 Å². The Hall–Kier alpha value is -0.850. The quantitative estimate of drug-likeness (QED) is 0.452. The first kappa shape index (κ1) is 14.2. The molecule has 1 nitrogen and oxygen atoms in total. The van der Waals surface area contributed by atoms with Gasteiger partial charge in [-0.15, -0.1) is 0 Å². The highest BCUT2D eigenvalue weighted by Crippen LogP contribution is 2.16. The summed E-state index contributed by atoms with van der Waals surface area (Å²) in [5, 5.41) is 0. The summed E-state index contributed by atoms with van der Waals surface area (Å²) in [5.74, 6) is 0.498. The Morgan fingerprint density at radius 3 is 2.27 bits per heavy atom. The maximum atomic E-state index is 4.40. The average molecular weight is 207 g/mol. The van der Waals surface area contributed by atoms with E-state index in [9.17, 15) is 0 Å². The monoisotopic (exact) mass is 207 g/mol. The van der Waals surface area contributed by atoms with Crippen molar-refractivity contribution in [3.63, 3.8) is 0 Å². The van der Waals surface area contributed by atoms with Gasteiger partial charge in [0.05, 0.1) is 0 Å². The molecular weight excluding hydrogens is 182 g/mol. The lowest BCUT2D eigenvalue weighted by Crippen LogP contribution is -2.11. The van der Waals surface area contributed by atoms with Gasteiger partial charge >= 0.3 is 0 Å². The molecule has 1 heteroatoms. The molecule has 0 bridgehead atoms. The van der Waals surface area contributed by atoms with E-state index in [1.807, 2.05) is 7.05 Å². The molecule has 0 N–H and O–H groups in total. The minimum absolute atomic E-state index is 0.498. The van der Waals surface area contributed by atoms with Crippen molar-refractivity contribution in [3.8, 4) is 0 Å². The highest BCUT2D eigenvalue weighted by atomic mass is 14.7. The van der Waals surface area contributed by atoms with Crippen LogP contribution in [0.15, 0.2) is 28.8 Å². The van der Waals surface area contributed by atoms with Gasteiger partial charge in [-0.1, -0.05) is 52.3 Å². The van der Waals surface area contributed by atoms with E-state index < -0.39 is 0 Å². The van der Waals surface area contributed by atoms with Crippen LogP contribution in [0.4, 0.5) is 0 Å². The maximum absolute atomic E-state index is 4.40. The summed E-state index contributed by atoms with van der Waals surface area (Å²) in [6.45, 7) is 12.8. The molecule has 0 saturated heterocycles. The Balaban J connectivity index is 4.94. The van der Waals surface area contributed by atoms with Crippen molar-refractivity contribution in [1.82, 2.24) is 0 Å². The fraction of sp³-hybridized carbons (Fsp3) is 0.643. The van der Waals surface area contributed by atoms with E-state index in [0.29, 0.717) is 5.92 Å². The molecule has 0 amide bonds. The van der Waals surface area contributed by atoms with Crippen LogP contribution in [-0.2, 0) is 0 Å². The van der Waals surface area contributed by atoms with E-state index in [1.165, 1.54) is 16.9 Å². The Morgan fingerprint density at radius 2 is 1.93 bits per heavy atom. The van der Waals surface area contributed by atoms with Gasteiger partial charge in [0.15, 0.2) is 0 Å². The first-order valence-electron chi connectivity index (χ1n) is 5.92. The van der Waals surface area contributed by atoms with E-state index in [-0.39, 0.29) is 0 Å². The summed E-state index contributed by atoms with van der Waals surface area (Å²) in [5.41, 5.74) is 3.79. The molecule has 0 aliphatic carbocycles. The summed E-state index contributed by atoms with van der Waals surface area (Å²) in [4.78, 5) is 4.40. The molecule has 0 aliphatic heterocycles. The van der Waals surface area contributed by atoms with Gasteiger partial charge in [-0.2, -0.15) is 0 Å². The van der Waals surface area contributed by atoms with Crippen molar-refractivity contribution in [2.24, 2.45) is 10.9 Å². The molecule has 0 heterocycles. The molecular formula is C14H25N. The lowest BCUT2D eigenvalue weighted by atomic mass is 9.94. The van der Waals surface area contributed by atoms with Crippen LogP contribution < -0.4 is 0 Å². The smallest absolute Gasteiger partial charge is 0.0402 e. The molecule has 0 unspecified atom stereocenters. The highest BCUT2D eigenvalue weighted by Gasteiger charge is 2.09. The molecule has 0 saturated carbocycles. The van der Waals surface area contributed by atoms with Crippen LogP contribution in [0.3, 0.4) is 0 Å². The van der Waals surface area contributed by atoms with Crippen molar-refractivity contribution >= 4 is 5.71 Å². The van der Waals surface area contributed by atoms with Crippen molar-refractivity contribution in [2.75, 3.05) is 7.05 Å². The Morgan fingerprint density at radius 1 is 1.33 bits per heavy atom. The van der Waals surface area contributed by atoms with E-state index in [1.54, 1.807) is 0 Å². The standard InChI is InChI=1S/C14H25N/c1-7-9-13(10-12(5)8-2)14(15-6)11(3)4/h10-11H,5,7-9H2,1-4,6H3/b13-10+,15-14-. The van der Waals surface area contributed by atoms with Gasteiger partial charge in [-0.05, 0) is 24.3 Å². The summed E-state index contributed by atoms with van der Waals surface area (Å²) in [6, 6.07) is 0. The second kappa shape index (κ2) is 7.44. The summed E-state index contributed by atoms with van der Waals surface area (Å²) in [6.07, 6.45) is 5.49. The van der Waals surface area contributed by atoms with Gasteiger partial charge in [0.1, 0.15) is 0 Å². The fourth-order valence-electron chi connectivity index (χ4n) is 1.66. The molecule has 0 spiro atoms. The van der Waals surface area contributed by atoms with E-state index in [0.717, 1.165) is 19.3 Å². The number of hydrogen-bond acceptors (Lipinski definition) is 1. The Kier molecular flexibility index (Phi) is 7.02. The summed E-state index contributed by atoms with van der Waals surface area (Å²) >= 11 is 0. The SMILES string of the molecule is C=C(/C=C(CCC)/C(=N\C)C(C)C)CC. The first-order valence-corrected chi connectivity index (χ1v) is 5.92. The largest absolute Gasteiger partial charge is 0.293 e. The van der Waals surface area contributed by atoms with Crippen LogP contribution in [0, 0.1) is 5.92 Å². The minimum Gasteiger partial charge on any atom is -0.293 e. The lowest BCUT2D eigenvalue weighted by Gasteiger charge is -2.14. The number of rotatable bonds is 6. The normalized spacial score (nSPS) is 13.5. The molecule has 0 aromatic carbocycles. The van der Waals surface area contributed by atoms with Crippen LogP contribution in [0.1, 0.15) is 47.0 Å². The van der Waals surface area contributed by atoms with Gasteiger partial charge in [0.2, 0.25) is 0 Å². The van der Waals surface area contributed by atoms with Crippen LogP contribution in [0.2, 0.25) is 0 Å². The van der Waals surface area contributed by atoms with Crippen LogP contribution >= 0.6 is 0 Å². The van der Waals surface area contributed by atoms with Crippen LogP contribution in [0.25, 0.3) is 0 Å². The van der Waals surface area contributed by atoms with Crippen molar-refractivity contribution in [3.05, 3.63) is 23.8 Å². The van der Waals surface area contributed by atoms with Crippen LogP contribution in [0.5, 0.6) is 0 Å². The van der Waals surface area contributed by atoms with Gasteiger partial charge < -0.3 is 0 Å². The second-order valence-corrected chi connectivity index (χ2v) is 4.19. The molecule has 0 radical (unpaired) electrons. The predicted molar refractivity (Wildman–Crippen MR) is 70.6 cm³/mol. The topological polar surface area (TPSA) is 12.4 Å². The van der Waals surface area contributed by atoms with Gasteiger partial charge in [-0.25, -0.2) is 0 Å². The second-order valence-electron chi connectivity index (χ2n) is 4.19. The zero-order valence-electron chi connectivity index (χ0n) is 10.9. The van der Waals surface area contributed by atoms with Crippen LogP contribution in [-0.4, -0.2) is 12.8 Å². The minimum atomic E-state index is 0.498. The molecule has 0 rings (SSSR count). The highest BCUT2D eigenvalue weighted by molar-refractivity contribution is 6.01. The Bertz CT molecular complexity index is 257. The summed E-state index contributed by atoms with van der Waals surface area (Å²) in [7, 11) is 1.88. The van der Waals surface area contributed by atoms with Gasteiger partial charge in [-0.3, -0.25) is 4.99 Å². The molecule has 86 valence electrons. The zero-order valence-corrected chi connectivity index (χ0v) is 10.9. The maximum Gasteiger partial charge on any atom is 0.0402 e. The number of allylic oxidation sites excluding steroid dienone is 3. The molecule has 0 aromatic rings. The van der Waals surface area contributed by atoms with Crippen molar-refractivity contribution in [1.29, 1.82) is 0 Å². The van der Waals surface area contributed by atoms with Gasteiger partial charge in [0.25, 0.3) is 0 Å². The predicted octanol–water partition coefficient (Wildman–Crippen LogP) is 4.41. The fourth-order valence-corrected chi connectivity index (χ4v) is 1.66. The Labute approximate surface area is 95.0 Å². The summed E-state index contributed by atoms with van der Waals surface area (Å²) < 4.78 is 0. The number of hydrogen-bond donors (Lipinski definition) is 0. The van der Waals surface area contributed by atoms with Crippen molar-refractivity contribution in [2.45, 2.75) is 47.0 Å². The molecule has 0 fully saturated rings. The lowest BCUT2D eigenvalue weighted by molar-refractivity contribution is 0.850. The third kappa shape index (κ3) is 4.96. The van der Waals surface area contributed by atoms with Crippen molar-refractivity contribution < 1.29 is 0 Å². The first-order chi connectivity index (χ1) is 7.06. The van der Waals surface area contributed by atoms with E-state index in [2.05, 4.69) is 45.3 Å². The molecule has 0 atom stereocenters. The van der Waals surface area contributed by atoms with E-state index in [4.69, 9.17) is 0 Å². The van der Waals surface area contributed by atoms with Gasteiger partial charge in [0, 0.05) is 12.8 Å². The number of aliphatic imine (C=N–C) groups is 1. The average Bonchev–Trinajstić information content (AvgIpc) is 2.18. The molecule has 0 aliphatic rings.